The molecule has 1 aromatic rings. The quantitative estimate of drug-likeness (QED) is 0.134. The van der Waals surface area contributed by atoms with Crippen molar-refractivity contribution in [1.82, 2.24) is 24.9 Å². The summed E-state index contributed by atoms with van der Waals surface area (Å²) in [5.74, 6) is -5.05. The third kappa shape index (κ3) is 9.66. The number of methoxy groups -OCH3 is 1. The Balaban J connectivity index is 1.78. The van der Waals surface area contributed by atoms with Crippen LogP contribution in [-0.4, -0.2) is 143 Å². The molecule has 4 rings (SSSR count). The number of cyclic esters (lactones) is 1. The lowest BCUT2D eigenvalue weighted by Crippen LogP contribution is -2.62. The molecule has 3 aliphatic heterocycles. The van der Waals surface area contributed by atoms with Crippen molar-refractivity contribution >= 4 is 23.6 Å². The van der Waals surface area contributed by atoms with Crippen LogP contribution >= 0.6 is 0 Å². The molecule has 0 aromatic carbocycles. The summed E-state index contributed by atoms with van der Waals surface area (Å²) in [6, 6.07) is 0.829. The number of hydrogen-bond donors (Lipinski definition) is 2. The largest absolute Gasteiger partial charge is 0.455 e. The zero-order chi connectivity index (χ0) is 43.3. The van der Waals surface area contributed by atoms with Crippen molar-refractivity contribution in [2.45, 2.75) is 154 Å². The lowest BCUT2D eigenvalue weighted by atomic mass is 9.73. The minimum atomic E-state index is -3.18. The van der Waals surface area contributed by atoms with E-state index in [1.54, 1.807) is 33.3 Å². The van der Waals surface area contributed by atoms with Crippen molar-refractivity contribution in [3.05, 3.63) is 18.2 Å². The van der Waals surface area contributed by atoms with Crippen LogP contribution in [0.25, 0.3) is 0 Å². The van der Waals surface area contributed by atoms with Crippen LogP contribution in [0.4, 0.5) is 9.18 Å². The van der Waals surface area contributed by atoms with E-state index >= 15 is 4.39 Å². The molecule has 17 nitrogen and oxygen atoms in total. The number of aromatic nitrogens is 2. The van der Waals surface area contributed by atoms with E-state index in [2.05, 4.69) is 21.6 Å². The number of likely N-dealkylation sites (N-methyl/N-ethyl adjacent to an activating group) is 1. The number of fused-ring (bicyclic) bond motifs is 1. The lowest BCUT2D eigenvalue weighted by molar-refractivity contribution is -0.295. The van der Waals surface area contributed by atoms with E-state index < -0.39 is 83.1 Å². The number of nitrogens with one attached hydrogen (secondary N) is 1. The summed E-state index contributed by atoms with van der Waals surface area (Å²) >= 11 is 0. The van der Waals surface area contributed by atoms with E-state index in [-0.39, 0.29) is 31.4 Å². The smallest absolute Gasteiger partial charge is 0.425 e. The Hall–Kier alpha value is -3.73. The molecule has 0 radical (unpaired) electrons. The molecular formula is C40H64FN7O10. The van der Waals surface area contributed by atoms with Crippen molar-refractivity contribution in [3.63, 3.8) is 0 Å². The van der Waals surface area contributed by atoms with E-state index in [1.807, 2.05) is 44.3 Å². The predicted octanol–water partition coefficient (Wildman–Crippen LogP) is 3.57. The van der Waals surface area contributed by atoms with Crippen LogP contribution in [0.1, 0.15) is 86.8 Å². The van der Waals surface area contributed by atoms with Crippen molar-refractivity contribution in [2.75, 3.05) is 34.9 Å². The van der Waals surface area contributed by atoms with Gasteiger partial charge in [-0.2, -0.15) is 5.26 Å². The number of ether oxygens (including phenoxy) is 5. The van der Waals surface area contributed by atoms with Crippen LogP contribution in [0.2, 0.25) is 0 Å². The number of imidazole rings is 1. The Bertz CT molecular complexity index is 1670. The summed E-state index contributed by atoms with van der Waals surface area (Å²) in [7, 11) is 6.52. The van der Waals surface area contributed by atoms with E-state index in [1.165, 1.54) is 26.2 Å². The Morgan fingerprint density at radius 1 is 1.16 bits per heavy atom. The summed E-state index contributed by atoms with van der Waals surface area (Å²) in [4.78, 5) is 53.7. The van der Waals surface area contributed by atoms with Gasteiger partial charge in [0.2, 0.25) is 0 Å². The van der Waals surface area contributed by atoms with Gasteiger partial charge in [-0.05, 0) is 67.5 Å². The number of rotatable bonds is 12. The molecular weight excluding hydrogens is 757 g/mol. The molecule has 0 spiro atoms. The third-order valence-electron chi connectivity index (χ3n) is 12.1. The topological polar surface area (TPSA) is 199 Å². The lowest BCUT2D eigenvalue weighted by Gasteiger charge is -2.47. The van der Waals surface area contributed by atoms with Crippen LogP contribution in [0.15, 0.2) is 17.7 Å². The second-order valence-corrected chi connectivity index (χ2v) is 16.8. The van der Waals surface area contributed by atoms with Gasteiger partial charge in [0.25, 0.3) is 5.67 Å². The monoisotopic (exact) mass is 821 g/mol. The van der Waals surface area contributed by atoms with Gasteiger partial charge < -0.3 is 43.1 Å². The fourth-order valence-electron chi connectivity index (χ4n) is 8.99. The van der Waals surface area contributed by atoms with Crippen molar-refractivity contribution < 1.29 is 52.4 Å². The molecule has 3 fully saturated rings. The number of halogens is 1. The molecule has 0 aliphatic carbocycles. The first-order valence-electron chi connectivity index (χ1n) is 20.1. The highest BCUT2D eigenvalue weighted by Crippen LogP contribution is 2.43. The number of nitrogens with zero attached hydrogens (tertiary/aromatic N) is 6. The first-order chi connectivity index (χ1) is 27.2. The number of carbonyl (C=O) groups excluding carboxylic acids is 3. The molecule has 18 heteroatoms. The molecule has 2 N–H and O–H groups in total. The number of aliphatic hydroxyl groups excluding tert-OH is 1. The van der Waals surface area contributed by atoms with Gasteiger partial charge in [-0.3, -0.25) is 4.79 Å². The zero-order valence-electron chi connectivity index (χ0n) is 36.1. The van der Waals surface area contributed by atoms with Gasteiger partial charge >= 0.3 is 12.1 Å². The van der Waals surface area contributed by atoms with Crippen molar-refractivity contribution in [2.24, 2.45) is 22.9 Å². The summed E-state index contributed by atoms with van der Waals surface area (Å²) in [6.45, 7) is 13.8. The number of ketones is 1. The maximum Gasteiger partial charge on any atom is 0.425 e. The highest BCUT2D eigenvalue weighted by atomic mass is 19.1. The number of carbonyl (C=O) groups is 3. The highest BCUT2D eigenvalue weighted by molar-refractivity contribution is 6.08. The molecule has 1 aromatic heterocycles. The number of aliphatic hydroxyl groups is 1. The Morgan fingerprint density at radius 3 is 2.45 bits per heavy atom. The Morgan fingerprint density at radius 2 is 1.84 bits per heavy atom. The van der Waals surface area contributed by atoms with Gasteiger partial charge in [-0.25, -0.2) is 29.4 Å². The van der Waals surface area contributed by atoms with Crippen LogP contribution in [0.3, 0.4) is 0 Å². The number of Topliss-reactive ketones (excluding diaryl/α,β-unsaturated/α-hetero) is 1. The maximum atomic E-state index is 16.9. The number of alkyl halides is 1. The zero-order valence-corrected chi connectivity index (χ0v) is 36.1. The average molecular weight is 822 g/mol. The van der Waals surface area contributed by atoms with E-state index in [0.29, 0.717) is 37.3 Å². The summed E-state index contributed by atoms with van der Waals surface area (Å²) in [5.41, 5.74) is -1.78. The molecule has 3 saturated heterocycles. The SMILES string of the molecule is CC[C@H]1OC(=O)[C@@](C)(F)C(=O)C(C)[C@@H](O[C@@H]2O[C@H](C)C[C@H](N(C)C)C2O)[C@](C)(OC)C[C@@H](C)/C(=N\OC)[C@H](C)[C@H]2N(NCCCn3cnc(CC#N)c3)C(=O)O[C@]12C. The molecule has 326 valence electrons. The van der Waals surface area contributed by atoms with Crippen molar-refractivity contribution in [1.29, 1.82) is 5.26 Å². The number of esters is 1. The number of aryl methyl sites for hydroxylation is 1. The highest BCUT2D eigenvalue weighted by Gasteiger charge is 2.62. The van der Waals surface area contributed by atoms with Gasteiger partial charge in [0, 0.05) is 50.2 Å². The Kier molecular flexibility index (Phi) is 15.5. The predicted molar refractivity (Wildman–Crippen MR) is 209 cm³/mol. The van der Waals surface area contributed by atoms with Gasteiger partial charge in [0.15, 0.2) is 17.7 Å². The first-order valence-corrected chi connectivity index (χ1v) is 20.1. The third-order valence-corrected chi connectivity index (χ3v) is 12.1. The molecule has 13 atom stereocenters. The standard InChI is InChI=1S/C40H64FN7O10/c1-13-29-40(8)32(48(37(52)58-40)44-17-14-18-47-21-27(15-16-42)43-22-47)25(4)30(45-54-12)23(2)20-38(6,53-11)34(26(5)33(50)39(7,41)36(51)56-29)57-35-31(49)28(46(9)10)19-24(3)55-35/h21-26,28-29,31-32,34-35,44,49H,13-15,17-20H2,1-12H3/b45-30+/t23-,24-,25+,26?,28+,29-,31?,32-,34-,35+,38-,39+,40-/m1/s1. The van der Waals surface area contributed by atoms with Crippen LogP contribution in [-0.2, 0) is 51.1 Å². The molecule has 0 bridgehead atoms. The number of oxime groups is 1. The molecule has 2 unspecified atom stereocenters. The minimum absolute atomic E-state index is 0.0972. The van der Waals surface area contributed by atoms with Crippen LogP contribution in [0.5, 0.6) is 0 Å². The average Bonchev–Trinajstić information content (AvgIpc) is 3.73. The van der Waals surface area contributed by atoms with Gasteiger partial charge in [0.05, 0.1) is 48.0 Å². The Labute approximate surface area is 341 Å². The van der Waals surface area contributed by atoms with Crippen LogP contribution < -0.4 is 5.43 Å². The summed E-state index contributed by atoms with van der Waals surface area (Å²) in [5, 5.41) is 26.3. The van der Waals surface area contributed by atoms with E-state index in [4.69, 9.17) is 33.8 Å². The normalized spacial score (nSPS) is 38.6. The molecule has 4 heterocycles. The number of amides is 1. The summed E-state index contributed by atoms with van der Waals surface area (Å²) < 4.78 is 49.6. The second kappa shape index (κ2) is 19.1. The molecule has 58 heavy (non-hydrogen) atoms. The first kappa shape index (κ1) is 47.0. The van der Waals surface area contributed by atoms with Crippen molar-refractivity contribution in [3.8, 4) is 6.07 Å². The number of hydrogen-bond acceptors (Lipinski definition) is 15. The fourth-order valence-corrected chi connectivity index (χ4v) is 8.99. The fraction of sp³-hybridized carbons (Fsp3) is 0.800. The van der Waals surface area contributed by atoms with Crippen LogP contribution in [0, 0.1) is 29.1 Å². The molecule has 3 aliphatic rings. The number of nitriles is 1. The second-order valence-electron chi connectivity index (χ2n) is 16.8. The van der Waals surface area contributed by atoms with Gasteiger partial charge in [-0.1, -0.05) is 32.9 Å². The van der Waals surface area contributed by atoms with E-state index in [0.717, 1.165) is 6.92 Å². The maximum absolute atomic E-state index is 16.9. The minimum Gasteiger partial charge on any atom is -0.455 e. The van der Waals surface area contributed by atoms with Gasteiger partial charge in [0.1, 0.15) is 25.4 Å². The molecule has 0 saturated carbocycles. The summed E-state index contributed by atoms with van der Waals surface area (Å²) in [6.07, 6.45) is -1.02. The van der Waals surface area contributed by atoms with Gasteiger partial charge in [-0.15, -0.1) is 0 Å². The molecule has 1 amide bonds. The number of hydrazine groups is 1. The van der Waals surface area contributed by atoms with E-state index in [9.17, 15) is 19.5 Å².